The van der Waals surface area contributed by atoms with E-state index < -0.39 is 76.7 Å². The van der Waals surface area contributed by atoms with Crippen LogP contribution >= 0.6 is 0 Å². The molecule has 40 heavy (non-hydrogen) atoms. The Kier molecular flexibility index (Phi) is 6.62. The number of epoxide rings is 2. The number of carbonyl (C=O) groups excluding carboxylic acids is 2. The maximum atomic E-state index is 13.3. The highest BCUT2D eigenvalue weighted by atomic mass is 16.7. The zero-order valence-electron chi connectivity index (χ0n) is 23.1. The van der Waals surface area contributed by atoms with Gasteiger partial charge in [-0.15, -0.1) is 0 Å². The van der Waals surface area contributed by atoms with Crippen molar-refractivity contribution in [1.82, 2.24) is 0 Å². The van der Waals surface area contributed by atoms with Gasteiger partial charge in [-0.05, 0) is 32.8 Å². The van der Waals surface area contributed by atoms with Gasteiger partial charge in [-0.1, -0.05) is 31.2 Å². The van der Waals surface area contributed by atoms with Gasteiger partial charge in [-0.2, -0.15) is 0 Å². The van der Waals surface area contributed by atoms with E-state index in [9.17, 15) is 24.9 Å². The second-order valence-electron chi connectivity index (χ2n) is 12.5. The van der Waals surface area contributed by atoms with E-state index in [2.05, 4.69) is 0 Å². The Balaban J connectivity index is 1.38. The van der Waals surface area contributed by atoms with Gasteiger partial charge >= 0.3 is 11.9 Å². The van der Waals surface area contributed by atoms with Crippen LogP contribution < -0.4 is 0 Å². The molecule has 2 spiro atoms. The molecule has 0 radical (unpaired) electrons. The molecule has 3 saturated heterocycles. The number of hydrogen-bond acceptors (Lipinski definition) is 11. The summed E-state index contributed by atoms with van der Waals surface area (Å²) in [5.74, 6) is -1.23. The maximum Gasteiger partial charge on any atom is 0.338 e. The maximum absolute atomic E-state index is 13.3. The van der Waals surface area contributed by atoms with Crippen LogP contribution in [-0.4, -0.2) is 107 Å². The summed E-state index contributed by atoms with van der Waals surface area (Å²) in [5.41, 5.74) is -3.03. The Hall–Kier alpha value is -2.12. The van der Waals surface area contributed by atoms with Crippen molar-refractivity contribution in [2.45, 2.75) is 101 Å². The predicted octanol–water partition coefficient (Wildman–Crippen LogP) is 0.496. The molecule has 220 valence electrons. The van der Waals surface area contributed by atoms with Crippen LogP contribution in [0.5, 0.6) is 0 Å². The van der Waals surface area contributed by atoms with E-state index in [0.29, 0.717) is 13.0 Å². The van der Waals surface area contributed by atoms with Crippen LogP contribution in [0.1, 0.15) is 40.5 Å². The summed E-state index contributed by atoms with van der Waals surface area (Å²) >= 11 is 0. The fraction of sp³-hybridized carbons (Fsp3) is 0.724. The lowest BCUT2D eigenvalue weighted by Crippen LogP contribution is -2.68. The predicted molar refractivity (Wildman–Crippen MR) is 137 cm³/mol. The summed E-state index contributed by atoms with van der Waals surface area (Å²) < 4.78 is 35.9. The van der Waals surface area contributed by atoms with Crippen molar-refractivity contribution in [3.8, 4) is 0 Å². The number of ether oxygens (including phenoxy) is 6. The standard InChI is InChI=1S/C29H38O11/c1-15-9-21-28(11-17(15)31)13-36-25(34)24-26(3,40-24)19(32)12-35-18(16(2)30)7-5-6-8-23(33)39-20-10-22(38-21)29(14-37-29)27(20,28)4/h5-9,16-22,24,30-32H,10-14H2,1-4H3/b7-5+,8-6-/t16-,17-,18-,19+,20-,21-,22+,24-,26-,27-,28?,29-/m1/s1. The molecule has 0 amide bonds. The van der Waals surface area contributed by atoms with Crippen LogP contribution in [-0.2, 0) is 38.0 Å². The average Bonchev–Trinajstić information content (AvgIpc) is 3.81. The first-order valence-corrected chi connectivity index (χ1v) is 13.9. The molecule has 4 fully saturated rings. The van der Waals surface area contributed by atoms with Crippen LogP contribution in [0.4, 0.5) is 0 Å². The zero-order chi connectivity index (χ0) is 28.7. The summed E-state index contributed by atoms with van der Waals surface area (Å²) in [6.45, 7) is 7.03. The lowest BCUT2D eigenvalue weighted by Gasteiger charge is -2.58. The van der Waals surface area contributed by atoms with Gasteiger partial charge in [0.25, 0.3) is 0 Å². The van der Waals surface area contributed by atoms with Crippen LogP contribution in [0.15, 0.2) is 36.0 Å². The van der Waals surface area contributed by atoms with E-state index in [1.807, 2.05) is 19.9 Å². The molecule has 1 unspecified atom stereocenters. The Morgan fingerprint density at radius 2 is 1.85 bits per heavy atom. The number of rotatable bonds is 1. The van der Waals surface area contributed by atoms with Crippen molar-refractivity contribution in [1.29, 1.82) is 0 Å². The molecule has 6 rings (SSSR count). The van der Waals surface area contributed by atoms with Gasteiger partial charge in [0, 0.05) is 17.9 Å². The lowest BCUT2D eigenvalue weighted by atomic mass is 9.51. The van der Waals surface area contributed by atoms with E-state index in [0.717, 1.165) is 5.57 Å². The Morgan fingerprint density at radius 1 is 1.10 bits per heavy atom. The molecule has 3 N–H and O–H groups in total. The first-order valence-electron chi connectivity index (χ1n) is 13.9. The second kappa shape index (κ2) is 9.45. The summed E-state index contributed by atoms with van der Waals surface area (Å²) in [4.78, 5) is 26.3. The van der Waals surface area contributed by atoms with Crippen molar-refractivity contribution in [3.63, 3.8) is 0 Å². The Labute approximate surface area is 232 Å². The van der Waals surface area contributed by atoms with Crippen LogP contribution in [0, 0.1) is 10.8 Å². The topological polar surface area (TPSA) is 157 Å². The van der Waals surface area contributed by atoms with Crippen molar-refractivity contribution < 1.29 is 53.3 Å². The van der Waals surface area contributed by atoms with Crippen molar-refractivity contribution in [2.75, 3.05) is 19.8 Å². The molecule has 11 heteroatoms. The molecule has 0 aromatic carbocycles. The fourth-order valence-corrected chi connectivity index (χ4v) is 7.38. The van der Waals surface area contributed by atoms with E-state index >= 15 is 0 Å². The fourth-order valence-electron chi connectivity index (χ4n) is 7.38. The molecule has 11 nitrogen and oxygen atoms in total. The second-order valence-corrected chi connectivity index (χ2v) is 12.5. The minimum absolute atomic E-state index is 0.134. The van der Waals surface area contributed by atoms with E-state index in [-0.39, 0.29) is 25.7 Å². The summed E-state index contributed by atoms with van der Waals surface area (Å²) in [6.07, 6.45) is 2.24. The number of hydrogen-bond donors (Lipinski definition) is 3. The van der Waals surface area contributed by atoms with Crippen LogP contribution in [0.25, 0.3) is 0 Å². The third kappa shape index (κ3) is 3.97. The third-order valence-electron chi connectivity index (χ3n) is 10.3. The van der Waals surface area contributed by atoms with E-state index in [1.54, 1.807) is 26.0 Å². The highest BCUT2D eigenvalue weighted by Gasteiger charge is 2.83. The number of aliphatic hydroxyl groups is 3. The van der Waals surface area contributed by atoms with Gasteiger partial charge in [0.2, 0.25) is 0 Å². The minimum Gasteiger partial charge on any atom is -0.463 e. The molecular formula is C29H38O11. The molecule has 12 atom stereocenters. The van der Waals surface area contributed by atoms with Crippen molar-refractivity contribution in [3.05, 3.63) is 36.0 Å². The first-order chi connectivity index (χ1) is 18.9. The minimum atomic E-state index is -1.22. The van der Waals surface area contributed by atoms with E-state index in [4.69, 9.17) is 28.4 Å². The highest BCUT2D eigenvalue weighted by Crippen LogP contribution is 2.72. The zero-order valence-corrected chi connectivity index (χ0v) is 23.1. The van der Waals surface area contributed by atoms with Gasteiger partial charge in [0.05, 0.1) is 43.0 Å². The van der Waals surface area contributed by atoms with Gasteiger partial charge in [0.15, 0.2) is 6.10 Å². The molecule has 4 heterocycles. The average molecular weight is 563 g/mol. The van der Waals surface area contributed by atoms with Crippen molar-refractivity contribution >= 4 is 11.9 Å². The molecule has 0 aromatic rings. The molecular weight excluding hydrogens is 524 g/mol. The quantitative estimate of drug-likeness (QED) is 0.232. The number of esters is 2. The molecule has 1 saturated carbocycles. The van der Waals surface area contributed by atoms with Crippen LogP contribution in [0.3, 0.4) is 0 Å². The normalized spacial score (nSPS) is 52.6. The number of fused-ring (bicyclic) bond motifs is 1. The van der Waals surface area contributed by atoms with Gasteiger partial charge in [-0.3, -0.25) is 0 Å². The smallest absolute Gasteiger partial charge is 0.338 e. The van der Waals surface area contributed by atoms with Gasteiger partial charge < -0.3 is 43.7 Å². The highest BCUT2D eigenvalue weighted by molar-refractivity contribution is 5.82. The SMILES string of the molecule is CC1=C[C@H]2O[C@H]3C[C@H]4OC(=O)/C=C\C=C\[C@H]([C@@H](C)O)OC[C@H](O)[C@@]5(C)O[C@@H]5C(=O)OCC2(C[C@H]1O)[C@]4(C)[C@@]31CO1. The lowest BCUT2D eigenvalue weighted by molar-refractivity contribution is -0.239. The molecule has 0 aromatic heterocycles. The number of aliphatic hydroxyl groups excluding tert-OH is 3. The molecule has 2 aliphatic carbocycles. The summed E-state index contributed by atoms with van der Waals surface area (Å²) in [6, 6.07) is 0. The van der Waals surface area contributed by atoms with Crippen LogP contribution in [0.2, 0.25) is 0 Å². The number of allylic oxidation sites excluding steroid dienone is 2. The summed E-state index contributed by atoms with van der Waals surface area (Å²) in [7, 11) is 0. The number of carbonyl (C=O) groups is 2. The Morgan fingerprint density at radius 3 is 2.55 bits per heavy atom. The Bertz CT molecular complexity index is 1160. The first kappa shape index (κ1) is 28.0. The number of cyclic esters (lactones) is 1. The van der Waals surface area contributed by atoms with Crippen molar-refractivity contribution in [2.24, 2.45) is 10.8 Å². The molecule has 4 aliphatic heterocycles. The molecule has 2 bridgehead atoms. The van der Waals surface area contributed by atoms with Gasteiger partial charge in [0.1, 0.15) is 36.1 Å². The van der Waals surface area contributed by atoms with E-state index in [1.165, 1.54) is 12.2 Å². The van der Waals surface area contributed by atoms with Gasteiger partial charge in [-0.25, -0.2) is 9.59 Å². The monoisotopic (exact) mass is 562 g/mol. The molecule has 6 aliphatic rings. The summed E-state index contributed by atoms with van der Waals surface area (Å²) in [5, 5.41) is 31.9. The largest absolute Gasteiger partial charge is 0.463 e. The third-order valence-corrected chi connectivity index (χ3v) is 10.3.